The first-order chi connectivity index (χ1) is 38.5. The number of halogens is 2. The van der Waals surface area contributed by atoms with Gasteiger partial charge in [-0.1, -0.05) is 59.7 Å². The number of ether oxygens (including phenoxy) is 3. The van der Waals surface area contributed by atoms with E-state index < -0.39 is 29.7 Å². The molecule has 8 aromatic rings. The van der Waals surface area contributed by atoms with Crippen LogP contribution in [0.2, 0.25) is 0 Å². The second kappa shape index (κ2) is 25.6. The van der Waals surface area contributed by atoms with Crippen LogP contribution in [0.3, 0.4) is 0 Å². The van der Waals surface area contributed by atoms with Gasteiger partial charge in [0.1, 0.15) is 57.7 Å². The molecule has 21 nitrogen and oxygen atoms in total. The molecule has 0 saturated carbocycles. The average molecular weight is 1110 g/mol. The van der Waals surface area contributed by atoms with Gasteiger partial charge in [0.2, 0.25) is 0 Å². The number of benzene rings is 4. The molecule has 81 heavy (non-hydrogen) atoms. The number of carbonyl (C=O) groups is 5. The van der Waals surface area contributed by atoms with E-state index in [2.05, 4.69) is 52.1 Å². The zero-order chi connectivity index (χ0) is 58.6. The highest BCUT2D eigenvalue weighted by Gasteiger charge is 2.25. The maximum atomic E-state index is 14.9. The Bertz CT molecular complexity index is 3610. The summed E-state index contributed by atoms with van der Waals surface area (Å²) >= 11 is 0. The number of anilines is 4. The van der Waals surface area contributed by atoms with E-state index in [1.807, 2.05) is 41.5 Å². The topological polar surface area (TPSA) is 267 Å². The Morgan fingerprint density at radius 1 is 0.556 bits per heavy atom. The molecule has 0 radical (unpaired) electrons. The smallest absolute Gasteiger partial charge is 0.338 e. The number of hydrogen-bond donors (Lipinski definition) is 7. The van der Waals surface area contributed by atoms with Crippen LogP contribution in [0, 0.1) is 11.6 Å². The molecule has 8 rings (SSSR count). The molecule has 4 aromatic heterocycles. The highest BCUT2D eigenvalue weighted by Crippen LogP contribution is 2.31. The van der Waals surface area contributed by atoms with E-state index in [1.165, 1.54) is 79.7 Å². The standard InChI is InChI=1S/C30H31FN6O5.C28H29FN6O4/c1-6-41-28(39)18-8-7-9-19(14-18)37-26(17-25(36-37)30(2,3)4)35-29(40)34-23-11-10-20(15-22(23)31)42-21-12-13-33-24(16-21)27(38)32-5;1-28(2,3)24-15-25(35(34-24)18-7-5-6-17(12-18)16-36)33-27(38)32-22-9-8-19(13-21(22)29)39-20-10-11-31-23(14-20)26(37)30-4/h7-17H,6H2,1-5H3,(H,32,38)(H2,34,35,40);5-15,36H,16H2,1-4H3,(H,30,37)(H2,32,33,38). The largest absolute Gasteiger partial charge is 0.462 e. The minimum Gasteiger partial charge on any atom is -0.462 e. The lowest BCUT2D eigenvalue weighted by Gasteiger charge is -2.14. The van der Waals surface area contributed by atoms with Crippen LogP contribution in [0.4, 0.5) is 41.4 Å². The number of urea groups is 2. The summed E-state index contributed by atoms with van der Waals surface area (Å²) in [5.74, 6) is -1.11. The molecule has 0 aliphatic carbocycles. The number of rotatable bonds is 15. The number of nitrogens with one attached hydrogen (secondary N) is 6. The quantitative estimate of drug-likeness (QED) is 0.0472. The normalized spacial score (nSPS) is 11.1. The first kappa shape index (κ1) is 58.6. The lowest BCUT2D eigenvalue weighted by molar-refractivity contribution is 0.0526. The van der Waals surface area contributed by atoms with Crippen LogP contribution in [0.1, 0.15) is 96.8 Å². The fourth-order valence-electron chi connectivity index (χ4n) is 7.42. The van der Waals surface area contributed by atoms with Crippen molar-refractivity contribution in [1.29, 1.82) is 0 Å². The van der Waals surface area contributed by atoms with Crippen molar-refractivity contribution < 1.29 is 52.1 Å². The number of aliphatic hydroxyl groups is 1. The molecule has 4 heterocycles. The number of aliphatic hydroxyl groups excluding tert-OH is 1. The van der Waals surface area contributed by atoms with Crippen molar-refractivity contribution in [3.63, 3.8) is 0 Å². The van der Waals surface area contributed by atoms with Crippen LogP contribution in [0.15, 0.2) is 134 Å². The molecule has 0 atom stereocenters. The van der Waals surface area contributed by atoms with Crippen molar-refractivity contribution in [2.45, 2.75) is 65.9 Å². The van der Waals surface area contributed by atoms with Crippen molar-refractivity contribution in [2.75, 3.05) is 42.0 Å². The first-order valence-corrected chi connectivity index (χ1v) is 25.2. The van der Waals surface area contributed by atoms with E-state index in [-0.39, 0.29) is 75.9 Å². The molecule has 0 aliphatic rings. The molecule has 0 bridgehead atoms. The summed E-state index contributed by atoms with van der Waals surface area (Å²) in [6, 6.07) is 29.7. The van der Waals surface area contributed by atoms with E-state index in [1.54, 1.807) is 72.3 Å². The van der Waals surface area contributed by atoms with Gasteiger partial charge in [0.05, 0.1) is 52.9 Å². The zero-order valence-electron chi connectivity index (χ0n) is 45.8. The molecule has 7 N–H and O–H groups in total. The van der Waals surface area contributed by atoms with Gasteiger partial charge >= 0.3 is 18.0 Å². The summed E-state index contributed by atoms with van der Waals surface area (Å²) in [5.41, 5.74) is 3.10. The van der Waals surface area contributed by atoms with Gasteiger partial charge < -0.3 is 40.6 Å². The number of aromatic nitrogens is 6. The van der Waals surface area contributed by atoms with E-state index in [4.69, 9.17) is 14.2 Å². The van der Waals surface area contributed by atoms with Crippen molar-refractivity contribution in [1.82, 2.24) is 40.2 Å². The Morgan fingerprint density at radius 2 is 1.00 bits per heavy atom. The van der Waals surface area contributed by atoms with Gasteiger partial charge in [0, 0.05) is 73.7 Å². The van der Waals surface area contributed by atoms with E-state index in [0.717, 1.165) is 17.8 Å². The Hall–Kier alpha value is -10.0. The number of pyridine rings is 2. The van der Waals surface area contributed by atoms with Crippen molar-refractivity contribution in [3.8, 4) is 34.4 Å². The molecular weight excluding hydrogens is 1050 g/mol. The molecule has 0 fully saturated rings. The van der Waals surface area contributed by atoms with Crippen LogP contribution >= 0.6 is 0 Å². The van der Waals surface area contributed by atoms with E-state index >= 15 is 0 Å². The predicted molar refractivity (Wildman–Crippen MR) is 300 cm³/mol. The van der Waals surface area contributed by atoms with Crippen molar-refractivity contribution >= 4 is 52.9 Å². The summed E-state index contributed by atoms with van der Waals surface area (Å²) in [7, 11) is 2.97. The second-order valence-electron chi connectivity index (χ2n) is 19.8. The Labute approximate surface area is 465 Å². The van der Waals surface area contributed by atoms with Gasteiger partial charge in [-0.2, -0.15) is 10.2 Å². The number of esters is 1. The lowest BCUT2D eigenvalue weighted by atomic mass is 9.92. The second-order valence-corrected chi connectivity index (χ2v) is 19.8. The van der Waals surface area contributed by atoms with Crippen LogP contribution in [-0.2, 0) is 22.2 Å². The number of nitrogens with zero attached hydrogens (tertiary/aromatic N) is 6. The minimum absolute atomic E-state index is 0.0648. The third kappa shape index (κ3) is 15.4. The molecule has 0 aliphatic heterocycles. The Morgan fingerprint density at radius 3 is 1.42 bits per heavy atom. The lowest BCUT2D eigenvalue weighted by Crippen LogP contribution is -2.22. The van der Waals surface area contributed by atoms with Crippen molar-refractivity contribution in [3.05, 3.63) is 179 Å². The van der Waals surface area contributed by atoms with Crippen LogP contribution in [-0.4, -0.2) is 85.2 Å². The van der Waals surface area contributed by atoms with Gasteiger partial charge in [-0.15, -0.1) is 0 Å². The summed E-state index contributed by atoms with van der Waals surface area (Å²) in [5, 5.41) is 34.2. The van der Waals surface area contributed by atoms with E-state index in [0.29, 0.717) is 45.6 Å². The summed E-state index contributed by atoms with van der Waals surface area (Å²) in [4.78, 5) is 69.6. The highest BCUT2D eigenvalue weighted by molar-refractivity contribution is 6.00. The van der Waals surface area contributed by atoms with Gasteiger partial charge in [0.15, 0.2) is 0 Å². The molecule has 0 saturated heterocycles. The number of amides is 6. The Balaban J connectivity index is 0.000000234. The Kier molecular flexibility index (Phi) is 18.6. The third-order valence-corrected chi connectivity index (χ3v) is 11.6. The summed E-state index contributed by atoms with van der Waals surface area (Å²) in [6.45, 7) is 13.7. The first-order valence-electron chi connectivity index (χ1n) is 25.2. The van der Waals surface area contributed by atoms with E-state index in [9.17, 15) is 37.9 Å². The molecule has 23 heteroatoms. The van der Waals surface area contributed by atoms with Crippen LogP contribution in [0.25, 0.3) is 11.4 Å². The molecule has 420 valence electrons. The summed E-state index contributed by atoms with van der Waals surface area (Å²) < 4.78 is 49.3. The molecule has 0 spiro atoms. The predicted octanol–water partition coefficient (Wildman–Crippen LogP) is 10.7. The maximum absolute atomic E-state index is 14.9. The van der Waals surface area contributed by atoms with Crippen molar-refractivity contribution in [2.24, 2.45) is 0 Å². The average Bonchev–Trinajstić information content (AvgIpc) is 4.13. The highest BCUT2D eigenvalue weighted by atomic mass is 19.1. The third-order valence-electron chi connectivity index (χ3n) is 11.6. The zero-order valence-corrected chi connectivity index (χ0v) is 45.8. The fraction of sp³-hybridized carbons (Fsp3) is 0.224. The fourth-order valence-corrected chi connectivity index (χ4v) is 7.42. The molecular formula is C58H60F2N12O9. The van der Waals surface area contributed by atoms with Gasteiger partial charge in [-0.3, -0.25) is 30.2 Å². The molecule has 6 amide bonds. The number of carbonyl (C=O) groups excluding carboxylic acids is 5. The monoisotopic (exact) mass is 1110 g/mol. The van der Waals surface area contributed by atoms with Gasteiger partial charge in [-0.05, 0) is 79.2 Å². The number of hydrogen-bond acceptors (Lipinski definition) is 13. The van der Waals surface area contributed by atoms with Crippen LogP contribution < -0.4 is 41.4 Å². The minimum atomic E-state index is -0.741. The maximum Gasteiger partial charge on any atom is 0.338 e. The molecule has 0 unspecified atom stereocenters. The van der Waals surface area contributed by atoms with Gasteiger partial charge in [-0.25, -0.2) is 32.5 Å². The van der Waals surface area contributed by atoms with Crippen LogP contribution in [0.5, 0.6) is 23.0 Å². The molecule has 4 aromatic carbocycles. The van der Waals surface area contributed by atoms with Gasteiger partial charge in [0.25, 0.3) is 11.8 Å². The summed E-state index contributed by atoms with van der Waals surface area (Å²) in [6.07, 6.45) is 2.81. The SMILES string of the molecule is CCOC(=O)c1cccc(-n2nc(C(C)(C)C)cc2NC(=O)Nc2ccc(Oc3ccnc(C(=O)NC)c3)cc2F)c1.CNC(=O)c1cc(Oc2ccc(NC(=O)Nc3cc(C(C)(C)C)nn3-c3cccc(CO)c3)c(F)c2)ccn1.